The van der Waals surface area contributed by atoms with E-state index >= 15 is 4.79 Å². The molecule has 2 aliphatic rings. The maximum absolute atomic E-state index is 15.0. The minimum absolute atomic E-state index is 0.0442. The van der Waals surface area contributed by atoms with Crippen molar-refractivity contribution in [3.8, 4) is 11.5 Å². The first-order valence-electron chi connectivity index (χ1n) is 12.3. The number of amides is 2. The summed E-state index contributed by atoms with van der Waals surface area (Å²) in [6.07, 6.45) is -0.915. The van der Waals surface area contributed by atoms with Crippen LogP contribution in [-0.2, 0) is 25.2 Å². The molecular weight excluding hydrogens is 578 g/mol. The second-order valence-electron chi connectivity index (χ2n) is 9.71. The fourth-order valence-electron chi connectivity index (χ4n) is 5.64. The Labute approximate surface area is 241 Å². The Morgan fingerprint density at radius 1 is 1.10 bits per heavy atom. The van der Waals surface area contributed by atoms with E-state index in [-0.39, 0.29) is 45.1 Å². The number of carbonyl (C=O) groups excluding carboxylic acids is 2. The number of hydrogen-bond donors (Lipinski definition) is 1. The van der Waals surface area contributed by atoms with Crippen molar-refractivity contribution >= 4 is 50.5 Å². The average Bonchev–Trinajstić information content (AvgIpc) is 3.63. The number of β-amino-alcohol motifs (C(OH)–C–C–N with tert-alkyl or cyclic N) is 1. The quantitative estimate of drug-likeness (QED) is 0.437. The Hall–Kier alpha value is -3.16. The fraction of sp³-hybridized carbons (Fsp3) is 0.333. The van der Waals surface area contributed by atoms with Gasteiger partial charge in [0.25, 0.3) is 15.9 Å². The molecule has 2 amide bonds. The third-order valence-corrected chi connectivity index (χ3v) is 10.6. The van der Waals surface area contributed by atoms with E-state index in [4.69, 9.17) is 21.1 Å². The highest BCUT2D eigenvalue weighted by molar-refractivity contribution is 7.95. The van der Waals surface area contributed by atoms with Crippen molar-refractivity contribution in [1.82, 2.24) is 9.80 Å². The summed E-state index contributed by atoms with van der Waals surface area (Å²) in [7, 11) is 1.46. The highest BCUT2D eigenvalue weighted by atomic mass is 35.5. The molecule has 1 saturated heterocycles. The minimum Gasteiger partial charge on any atom is -0.496 e. The number of carbonyl (C=O) groups is 2. The highest BCUT2D eigenvalue weighted by Gasteiger charge is 2.64. The molecule has 2 aliphatic heterocycles. The number of sulfonamides is 1. The van der Waals surface area contributed by atoms with Gasteiger partial charge in [0, 0.05) is 36.8 Å². The van der Waals surface area contributed by atoms with Crippen LogP contribution in [0.2, 0.25) is 5.02 Å². The number of rotatable bonds is 7. The highest BCUT2D eigenvalue weighted by Crippen LogP contribution is 2.55. The Balaban J connectivity index is 1.88. The number of methoxy groups -OCH3 is 2. The number of anilines is 1. The number of aliphatic hydroxyl groups excluding tert-OH is 1. The third kappa shape index (κ3) is 4.08. The predicted octanol–water partition coefficient (Wildman–Crippen LogP) is 2.92. The van der Waals surface area contributed by atoms with Crippen LogP contribution in [-0.4, -0.2) is 82.1 Å². The number of likely N-dealkylation sites (tertiary alicyclic amines) is 1. The molecule has 10 nitrogen and oxygen atoms in total. The molecule has 0 spiro atoms. The van der Waals surface area contributed by atoms with Crippen molar-refractivity contribution in [1.29, 1.82) is 0 Å². The van der Waals surface area contributed by atoms with E-state index in [2.05, 4.69) is 0 Å². The maximum Gasteiger partial charge on any atom is 0.284 e. The van der Waals surface area contributed by atoms with Gasteiger partial charge in [-0.15, -0.1) is 11.3 Å². The van der Waals surface area contributed by atoms with E-state index in [1.165, 1.54) is 43.4 Å². The summed E-state index contributed by atoms with van der Waals surface area (Å²) >= 11 is 7.40. The molecule has 0 bridgehead atoms. The van der Waals surface area contributed by atoms with Crippen LogP contribution in [0.4, 0.5) is 5.69 Å². The first-order valence-corrected chi connectivity index (χ1v) is 15.0. The van der Waals surface area contributed by atoms with Crippen LogP contribution in [0.15, 0.2) is 58.1 Å². The van der Waals surface area contributed by atoms with E-state index in [9.17, 15) is 18.3 Å². The molecule has 1 unspecified atom stereocenters. The van der Waals surface area contributed by atoms with Crippen LogP contribution in [0.25, 0.3) is 0 Å². The summed E-state index contributed by atoms with van der Waals surface area (Å²) in [5, 5.41) is 12.7. The fourth-order valence-corrected chi connectivity index (χ4v) is 8.62. The second kappa shape index (κ2) is 10.3. The monoisotopic (exact) mass is 605 g/mol. The molecule has 1 N–H and O–H groups in total. The lowest BCUT2D eigenvalue weighted by Gasteiger charge is -2.42. The molecule has 2 aromatic carbocycles. The molecule has 1 fully saturated rings. The normalized spacial score (nSPS) is 22.9. The number of ether oxygens (including phenoxy) is 2. The molecule has 0 aliphatic carbocycles. The van der Waals surface area contributed by atoms with Crippen LogP contribution >= 0.6 is 22.9 Å². The smallest absolute Gasteiger partial charge is 0.284 e. The molecule has 1 aromatic heterocycles. The molecule has 13 heteroatoms. The molecule has 3 heterocycles. The zero-order chi connectivity index (χ0) is 29.0. The van der Waals surface area contributed by atoms with Gasteiger partial charge in [-0.3, -0.25) is 14.5 Å². The van der Waals surface area contributed by atoms with Gasteiger partial charge in [0.05, 0.1) is 32.1 Å². The standard InChI is InChI=1S/C27H28ClN3O7S2/c1-29(2)24(33)21-14-17(32)15-30(21)27(18-7-5-6-8-22(18)37-3)19-13-16(28)9-10-20(19)31(26(27)34)40(35,36)25-23(38-4)11-12-39-25/h5-13,17,21,32H,14-15H2,1-4H3/t17-,21+,27?/m1/s1. The summed E-state index contributed by atoms with van der Waals surface area (Å²) < 4.78 is 40.1. The Morgan fingerprint density at radius 3 is 2.48 bits per heavy atom. The molecular formula is C27H28ClN3O7S2. The number of thiophene rings is 1. The van der Waals surface area contributed by atoms with Crippen LogP contribution in [0, 0.1) is 0 Å². The molecule has 212 valence electrons. The molecule has 0 saturated carbocycles. The van der Waals surface area contributed by atoms with Gasteiger partial charge in [0.2, 0.25) is 5.91 Å². The minimum atomic E-state index is -4.50. The van der Waals surface area contributed by atoms with Crippen molar-refractivity contribution in [2.24, 2.45) is 0 Å². The maximum atomic E-state index is 15.0. The van der Waals surface area contributed by atoms with Crippen LogP contribution in [0.5, 0.6) is 11.5 Å². The second-order valence-corrected chi connectivity index (χ2v) is 13.0. The topological polar surface area (TPSA) is 117 Å². The van der Waals surface area contributed by atoms with Crippen LogP contribution < -0.4 is 13.8 Å². The van der Waals surface area contributed by atoms with Gasteiger partial charge in [-0.05, 0) is 42.1 Å². The summed E-state index contributed by atoms with van der Waals surface area (Å²) in [4.78, 5) is 31.4. The van der Waals surface area contributed by atoms with Crippen molar-refractivity contribution in [3.05, 3.63) is 70.1 Å². The summed E-state index contributed by atoms with van der Waals surface area (Å²) in [6, 6.07) is 11.8. The van der Waals surface area contributed by atoms with Crippen LogP contribution in [0.1, 0.15) is 17.5 Å². The number of aliphatic hydroxyl groups is 1. The summed E-state index contributed by atoms with van der Waals surface area (Å²) in [5.41, 5.74) is -1.25. The number of halogens is 1. The van der Waals surface area contributed by atoms with Gasteiger partial charge in [-0.2, -0.15) is 12.7 Å². The lowest BCUT2D eigenvalue weighted by Crippen LogP contribution is -2.59. The molecule has 40 heavy (non-hydrogen) atoms. The van der Waals surface area contributed by atoms with Gasteiger partial charge >= 0.3 is 0 Å². The van der Waals surface area contributed by atoms with Gasteiger partial charge in [0.15, 0.2) is 9.75 Å². The molecule has 5 rings (SSSR count). The lowest BCUT2D eigenvalue weighted by molar-refractivity contribution is -0.138. The van der Waals surface area contributed by atoms with E-state index in [1.807, 2.05) is 0 Å². The number of hydrogen-bond acceptors (Lipinski definition) is 9. The number of likely N-dealkylation sites (N-methyl/N-ethyl adjacent to an activating group) is 1. The lowest BCUT2D eigenvalue weighted by atomic mass is 9.80. The van der Waals surface area contributed by atoms with Gasteiger partial charge in [-0.1, -0.05) is 29.8 Å². The number of benzene rings is 2. The van der Waals surface area contributed by atoms with Crippen molar-refractivity contribution in [2.45, 2.75) is 28.3 Å². The number of para-hydroxylation sites is 1. The third-order valence-electron chi connectivity index (χ3n) is 7.28. The van der Waals surface area contributed by atoms with Crippen molar-refractivity contribution < 1.29 is 32.6 Å². The zero-order valence-electron chi connectivity index (χ0n) is 22.2. The average molecular weight is 606 g/mol. The van der Waals surface area contributed by atoms with E-state index in [0.717, 1.165) is 15.6 Å². The van der Waals surface area contributed by atoms with Crippen molar-refractivity contribution in [2.75, 3.05) is 39.2 Å². The number of fused-ring (bicyclic) bond motifs is 1. The predicted molar refractivity (Wildman–Crippen MR) is 151 cm³/mol. The van der Waals surface area contributed by atoms with Gasteiger partial charge in [0.1, 0.15) is 11.5 Å². The first kappa shape index (κ1) is 28.4. The van der Waals surface area contributed by atoms with Gasteiger partial charge < -0.3 is 19.5 Å². The molecule has 0 radical (unpaired) electrons. The molecule has 3 aromatic rings. The van der Waals surface area contributed by atoms with E-state index in [0.29, 0.717) is 11.3 Å². The van der Waals surface area contributed by atoms with Crippen LogP contribution in [0.3, 0.4) is 0 Å². The largest absolute Gasteiger partial charge is 0.496 e. The summed E-state index contributed by atoms with van der Waals surface area (Å²) in [5.74, 6) is -0.800. The summed E-state index contributed by atoms with van der Waals surface area (Å²) in [6.45, 7) is -0.0871. The molecule has 3 atom stereocenters. The first-order chi connectivity index (χ1) is 19.0. The van der Waals surface area contributed by atoms with Crippen molar-refractivity contribution in [3.63, 3.8) is 0 Å². The number of nitrogens with zero attached hydrogens (tertiary/aromatic N) is 3. The Kier molecular flexibility index (Phi) is 7.34. The van der Waals surface area contributed by atoms with Gasteiger partial charge in [-0.25, -0.2) is 0 Å². The Bertz CT molecular complexity index is 1590. The van der Waals surface area contributed by atoms with E-state index < -0.39 is 33.6 Å². The Morgan fingerprint density at radius 2 is 1.80 bits per heavy atom. The zero-order valence-corrected chi connectivity index (χ0v) is 24.6. The van der Waals surface area contributed by atoms with E-state index in [1.54, 1.807) is 48.6 Å². The SMILES string of the molecule is COc1ccccc1C1(N2C[C@H](O)C[C@H]2C(=O)N(C)C)C(=O)N(S(=O)(=O)c2sccc2OC)c2ccc(Cl)cc21.